The van der Waals surface area contributed by atoms with Crippen molar-refractivity contribution in [3.63, 3.8) is 0 Å². The molecule has 2 heterocycles. The zero-order chi connectivity index (χ0) is 28.0. The Morgan fingerprint density at radius 3 is 2.15 bits per heavy atom. The van der Waals surface area contributed by atoms with Crippen molar-refractivity contribution < 1.29 is 5.11 Å². The molecule has 2 aliphatic heterocycles. The Labute approximate surface area is 235 Å². The first-order valence-electron chi connectivity index (χ1n) is 14.4. The van der Waals surface area contributed by atoms with Crippen LogP contribution in [0.25, 0.3) is 11.1 Å². The van der Waals surface area contributed by atoms with E-state index in [1.54, 1.807) is 0 Å². The highest BCUT2D eigenvalue weighted by atomic mass is 16.2. The third-order valence-electron chi connectivity index (χ3n) is 6.85. The van der Waals surface area contributed by atoms with Gasteiger partial charge >= 0.3 is 0 Å². The number of rotatable bonds is 1. The number of para-hydroxylation sites is 2. The van der Waals surface area contributed by atoms with Crippen LogP contribution in [0.4, 0.5) is 11.4 Å². The maximum atomic E-state index is 7.00. The van der Waals surface area contributed by atoms with Gasteiger partial charge in [-0.1, -0.05) is 125 Å². The average molecular weight is 521 g/mol. The molecule has 0 spiro atoms. The standard InChI is InChI=1S/C19H16N2.C12H12.2C2H6.CH4O/c1-2-9-15-13(7-1)14-8-3-5-11-17(14)21-18-12-6-4-10-16(18)20-19(15)21;1-3-7-11(8-4-1)12-9-5-2-6-10-12;3*1-2/h1-4,6-10,12,19-20H,5,11H2;1-5,7-9H,6,10H2;2*1-2H3;2H,1H3. The smallest absolute Gasteiger partial charge is 0.130 e. The largest absolute Gasteiger partial charge is 0.400 e. The molecule has 0 amide bonds. The fourth-order valence-corrected chi connectivity index (χ4v) is 5.30. The van der Waals surface area contributed by atoms with Gasteiger partial charge in [-0.05, 0) is 54.5 Å². The zero-order valence-electron chi connectivity index (χ0n) is 24.2. The average Bonchev–Trinajstić information content (AvgIpc) is 3.46. The van der Waals surface area contributed by atoms with E-state index in [0.29, 0.717) is 0 Å². The number of allylic oxidation sites excluding steroid dienone is 8. The van der Waals surface area contributed by atoms with Gasteiger partial charge in [0.1, 0.15) is 6.17 Å². The highest BCUT2D eigenvalue weighted by molar-refractivity contribution is 5.91. The van der Waals surface area contributed by atoms with Crippen LogP contribution < -0.4 is 10.2 Å². The number of aliphatic hydroxyl groups is 1. The van der Waals surface area contributed by atoms with Gasteiger partial charge in [0.2, 0.25) is 0 Å². The molecule has 0 radical (unpaired) electrons. The normalized spacial score (nSPS) is 16.8. The number of aliphatic hydroxyl groups excluding tert-OH is 1. The second-order valence-corrected chi connectivity index (χ2v) is 8.85. The van der Waals surface area contributed by atoms with Crippen molar-refractivity contribution in [2.45, 2.75) is 59.5 Å². The number of benzene rings is 3. The molecule has 3 nitrogen and oxygen atoms in total. The number of nitrogens with one attached hydrogen (secondary N) is 1. The maximum absolute atomic E-state index is 7.00. The first-order valence-corrected chi connectivity index (χ1v) is 14.4. The Balaban J connectivity index is 0.000000200. The number of hydrogen-bond donors (Lipinski definition) is 2. The summed E-state index contributed by atoms with van der Waals surface area (Å²) >= 11 is 0. The highest BCUT2D eigenvalue weighted by Crippen LogP contribution is 2.51. The second kappa shape index (κ2) is 15.6. The van der Waals surface area contributed by atoms with Gasteiger partial charge in [0.15, 0.2) is 0 Å². The number of nitrogens with zero attached hydrogens (tertiary/aromatic N) is 1. The molecule has 0 fully saturated rings. The minimum Gasteiger partial charge on any atom is -0.400 e. The summed E-state index contributed by atoms with van der Waals surface area (Å²) in [5, 5.41) is 10.7. The van der Waals surface area contributed by atoms with E-state index in [-0.39, 0.29) is 6.17 Å². The lowest BCUT2D eigenvalue weighted by Crippen LogP contribution is -2.32. The minimum absolute atomic E-state index is 0.240. The molecular formula is C36H44N2O. The molecule has 0 bridgehead atoms. The summed E-state index contributed by atoms with van der Waals surface area (Å²) < 4.78 is 0. The molecule has 39 heavy (non-hydrogen) atoms. The van der Waals surface area contributed by atoms with Crippen LogP contribution in [0.15, 0.2) is 115 Å². The van der Waals surface area contributed by atoms with Crippen molar-refractivity contribution in [1.82, 2.24) is 0 Å². The van der Waals surface area contributed by atoms with Crippen molar-refractivity contribution in [1.29, 1.82) is 0 Å². The van der Waals surface area contributed by atoms with Crippen molar-refractivity contribution >= 4 is 22.5 Å². The van der Waals surface area contributed by atoms with E-state index in [1.807, 2.05) is 27.7 Å². The molecule has 1 unspecified atom stereocenters. The number of anilines is 2. The van der Waals surface area contributed by atoms with Gasteiger partial charge in [-0.2, -0.15) is 0 Å². The lowest BCUT2D eigenvalue weighted by molar-refractivity contribution is 0.399. The van der Waals surface area contributed by atoms with Crippen LogP contribution in [-0.4, -0.2) is 12.2 Å². The Kier molecular flexibility index (Phi) is 11.9. The predicted octanol–water partition coefficient (Wildman–Crippen LogP) is 9.77. The van der Waals surface area contributed by atoms with E-state index in [4.69, 9.17) is 5.11 Å². The second-order valence-electron chi connectivity index (χ2n) is 8.85. The van der Waals surface area contributed by atoms with E-state index in [0.717, 1.165) is 20.0 Å². The Morgan fingerprint density at radius 2 is 1.41 bits per heavy atom. The first-order chi connectivity index (χ1) is 19.4. The fraction of sp³-hybridized carbons (Fsp3) is 0.278. The summed E-state index contributed by atoms with van der Waals surface area (Å²) in [6, 6.07) is 28.0. The summed E-state index contributed by atoms with van der Waals surface area (Å²) in [7, 11) is 1.00. The van der Waals surface area contributed by atoms with Gasteiger partial charge in [-0.25, -0.2) is 0 Å². The highest BCUT2D eigenvalue weighted by Gasteiger charge is 2.38. The Morgan fingerprint density at radius 1 is 0.744 bits per heavy atom. The molecule has 3 heteroatoms. The van der Waals surface area contributed by atoms with Crippen LogP contribution in [0.2, 0.25) is 0 Å². The molecule has 1 atom stereocenters. The van der Waals surface area contributed by atoms with Crippen molar-refractivity contribution in [3.05, 3.63) is 132 Å². The fourth-order valence-electron chi connectivity index (χ4n) is 5.30. The minimum atomic E-state index is 0.240. The van der Waals surface area contributed by atoms with Gasteiger partial charge in [-0.15, -0.1) is 0 Å². The molecule has 3 aromatic rings. The topological polar surface area (TPSA) is 35.5 Å². The molecule has 0 saturated carbocycles. The summed E-state index contributed by atoms with van der Waals surface area (Å²) in [4.78, 5) is 2.50. The molecule has 204 valence electrons. The molecule has 7 rings (SSSR count). The SMILES string of the molecule is C1=CC2=C(CC1)N1c3ccccc3NC1c1ccccc12.C1=CCCC(c2ccccc2)=C1.CC.CC.CO. The van der Waals surface area contributed by atoms with E-state index in [9.17, 15) is 0 Å². The monoisotopic (exact) mass is 520 g/mol. The van der Waals surface area contributed by atoms with Crippen molar-refractivity contribution in [2.75, 3.05) is 17.3 Å². The van der Waals surface area contributed by atoms with Crippen molar-refractivity contribution in [3.8, 4) is 0 Å². The summed E-state index contributed by atoms with van der Waals surface area (Å²) in [5.41, 5.74) is 11.0. The zero-order valence-corrected chi connectivity index (χ0v) is 24.2. The molecule has 2 aliphatic carbocycles. The number of fused-ring (bicyclic) bond motifs is 7. The van der Waals surface area contributed by atoms with Gasteiger partial charge in [0.05, 0.1) is 11.4 Å². The van der Waals surface area contributed by atoms with E-state index < -0.39 is 0 Å². The maximum Gasteiger partial charge on any atom is 0.130 e. The summed E-state index contributed by atoms with van der Waals surface area (Å²) in [6.07, 6.45) is 16.0. The molecule has 3 aromatic carbocycles. The van der Waals surface area contributed by atoms with Gasteiger partial charge < -0.3 is 15.3 Å². The molecular weight excluding hydrogens is 476 g/mol. The third kappa shape index (κ3) is 6.61. The lowest BCUT2D eigenvalue weighted by atomic mass is 9.87. The molecule has 4 aliphatic rings. The predicted molar refractivity (Wildman–Crippen MR) is 171 cm³/mol. The molecule has 2 N–H and O–H groups in total. The Hall–Kier alpha value is -3.82. The van der Waals surface area contributed by atoms with E-state index >= 15 is 0 Å². The van der Waals surface area contributed by atoms with Crippen LogP contribution in [0.5, 0.6) is 0 Å². The van der Waals surface area contributed by atoms with Crippen LogP contribution >= 0.6 is 0 Å². The van der Waals surface area contributed by atoms with Crippen LogP contribution in [-0.2, 0) is 0 Å². The van der Waals surface area contributed by atoms with E-state index in [1.165, 1.54) is 57.8 Å². The quantitative estimate of drug-likeness (QED) is 0.335. The van der Waals surface area contributed by atoms with Crippen molar-refractivity contribution in [2.24, 2.45) is 0 Å². The number of hydrogen-bond acceptors (Lipinski definition) is 3. The van der Waals surface area contributed by atoms with Crippen LogP contribution in [0, 0.1) is 0 Å². The van der Waals surface area contributed by atoms with Gasteiger partial charge in [-0.3, -0.25) is 0 Å². The van der Waals surface area contributed by atoms with Crippen LogP contribution in [0.1, 0.15) is 76.2 Å². The summed E-state index contributed by atoms with van der Waals surface area (Å²) in [6.45, 7) is 8.00. The first kappa shape index (κ1) is 29.7. The Bertz CT molecular complexity index is 1300. The molecule has 0 saturated heterocycles. The van der Waals surface area contributed by atoms with Gasteiger partial charge in [0.25, 0.3) is 0 Å². The van der Waals surface area contributed by atoms with E-state index in [2.05, 4.69) is 119 Å². The lowest BCUT2D eigenvalue weighted by Gasteiger charge is -2.38. The van der Waals surface area contributed by atoms with Gasteiger partial charge in [0, 0.05) is 23.9 Å². The summed E-state index contributed by atoms with van der Waals surface area (Å²) in [5.74, 6) is 0. The third-order valence-corrected chi connectivity index (χ3v) is 6.85. The van der Waals surface area contributed by atoms with Crippen LogP contribution in [0.3, 0.4) is 0 Å². The molecule has 0 aromatic heterocycles.